The van der Waals surface area contributed by atoms with E-state index in [9.17, 15) is 4.79 Å². The standard InChI is InChI=1S/C15H27NO2/c1-5-13(15(17)18-4)9-10-16-14-8-6-7-11(2)12(14)3/h9,11-12,14,16H,5-8,10H2,1-4H3. The molecule has 1 aliphatic rings. The van der Waals surface area contributed by atoms with E-state index in [0.29, 0.717) is 6.04 Å². The van der Waals surface area contributed by atoms with Crippen LogP contribution in [0.15, 0.2) is 11.6 Å². The minimum Gasteiger partial charge on any atom is -0.466 e. The third kappa shape index (κ3) is 4.13. The minimum absolute atomic E-state index is 0.204. The van der Waals surface area contributed by atoms with E-state index in [1.165, 1.54) is 26.4 Å². The number of hydrogen-bond donors (Lipinski definition) is 1. The van der Waals surface area contributed by atoms with Crippen molar-refractivity contribution in [1.29, 1.82) is 0 Å². The highest BCUT2D eigenvalue weighted by Crippen LogP contribution is 2.29. The van der Waals surface area contributed by atoms with Crippen molar-refractivity contribution in [2.75, 3.05) is 13.7 Å². The second-order valence-electron chi connectivity index (χ2n) is 5.36. The van der Waals surface area contributed by atoms with Crippen LogP contribution < -0.4 is 5.32 Å². The molecule has 0 saturated heterocycles. The lowest BCUT2D eigenvalue weighted by Gasteiger charge is -2.34. The third-order valence-corrected chi connectivity index (χ3v) is 4.26. The fourth-order valence-electron chi connectivity index (χ4n) is 2.71. The van der Waals surface area contributed by atoms with Crippen LogP contribution in [0.4, 0.5) is 0 Å². The molecule has 1 saturated carbocycles. The van der Waals surface area contributed by atoms with Gasteiger partial charge in [0, 0.05) is 18.2 Å². The monoisotopic (exact) mass is 253 g/mol. The Morgan fingerprint density at radius 1 is 1.39 bits per heavy atom. The fraction of sp³-hybridized carbons (Fsp3) is 0.800. The highest BCUT2D eigenvalue weighted by atomic mass is 16.5. The van der Waals surface area contributed by atoms with Crippen LogP contribution in [0.25, 0.3) is 0 Å². The van der Waals surface area contributed by atoms with E-state index in [1.54, 1.807) is 0 Å². The van der Waals surface area contributed by atoms with E-state index in [4.69, 9.17) is 4.74 Å². The number of carbonyl (C=O) groups excluding carboxylic acids is 1. The van der Waals surface area contributed by atoms with Gasteiger partial charge < -0.3 is 10.1 Å². The van der Waals surface area contributed by atoms with Crippen LogP contribution in [0.5, 0.6) is 0 Å². The van der Waals surface area contributed by atoms with Gasteiger partial charge in [0.15, 0.2) is 0 Å². The highest BCUT2D eigenvalue weighted by molar-refractivity contribution is 5.88. The SMILES string of the molecule is CCC(=CCNC1CCCC(C)C1C)C(=O)OC. The van der Waals surface area contributed by atoms with E-state index in [1.807, 2.05) is 13.0 Å². The quantitative estimate of drug-likeness (QED) is 0.605. The summed E-state index contributed by atoms with van der Waals surface area (Å²) in [5.41, 5.74) is 0.765. The van der Waals surface area contributed by atoms with Crippen molar-refractivity contribution in [3.63, 3.8) is 0 Å². The van der Waals surface area contributed by atoms with Gasteiger partial charge in [0.1, 0.15) is 0 Å². The van der Waals surface area contributed by atoms with Crippen molar-refractivity contribution in [2.45, 2.75) is 52.5 Å². The lowest BCUT2D eigenvalue weighted by atomic mass is 9.78. The molecule has 0 spiro atoms. The lowest BCUT2D eigenvalue weighted by molar-refractivity contribution is -0.136. The fourth-order valence-corrected chi connectivity index (χ4v) is 2.71. The molecule has 0 amide bonds. The number of ether oxygens (including phenoxy) is 1. The first-order valence-corrected chi connectivity index (χ1v) is 7.10. The van der Waals surface area contributed by atoms with Crippen LogP contribution in [-0.2, 0) is 9.53 Å². The molecule has 1 aliphatic carbocycles. The van der Waals surface area contributed by atoms with E-state index in [0.717, 1.165) is 30.4 Å². The molecule has 104 valence electrons. The minimum atomic E-state index is -0.204. The van der Waals surface area contributed by atoms with Crippen molar-refractivity contribution in [3.8, 4) is 0 Å². The number of methoxy groups -OCH3 is 1. The van der Waals surface area contributed by atoms with Gasteiger partial charge >= 0.3 is 5.97 Å². The van der Waals surface area contributed by atoms with Crippen LogP contribution in [-0.4, -0.2) is 25.7 Å². The van der Waals surface area contributed by atoms with Gasteiger partial charge in [-0.2, -0.15) is 0 Å². The zero-order valence-corrected chi connectivity index (χ0v) is 12.2. The molecule has 3 unspecified atom stereocenters. The predicted molar refractivity (Wildman–Crippen MR) is 74.4 cm³/mol. The average molecular weight is 253 g/mol. The second-order valence-corrected chi connectivity index (χ2v) is 5.36. The molecule has 3 atom stereocenters. The maximum absolute atomic E-state index is 11.4. The van der Waals surface area contributed by atoms with E-state index >= 15 is 0 Å². The Hall–Kier alpha value is -0.830. The highest BCUT2D eigenvalue weighted by Gasteiger charge is 2.26. The Bertz CT molecular complexity index is 299. The molecule has 0 heterocycles. The predicted octanol–water partition coefficient (Wildman–Crippen LogP) is 2.91. The van der Waals surface area contributed by atoms with Crippen LogP contribution in [0.2, 0.25) is 0 Å². The van der Waals surface area contributed by atoms with Gasteiger partial charge in [0.2, 0.25) is 0 Å². The second kappa shape index (κ2) is 7.57. The summed E-state index contributed by atoms with van der Waals surface area (Å²) in [5, 5.41) is 3.56. The summed E-state index contributed by atoms with van der Waals surface area (Å²) in [4.78, 5) is 11.4. The molecule has 3 heteroatoms. The van der Waals surface area contributed by atoms with Gasteiger partial charge in [-0.3, -0.25) is 0 Å². The van der Waals surface area contributed by atoms with Gasteiger partial charge in [0.25, 0.3) is 0 Å². The maximum atomic E-state index is 11.4. The molecule has 1 rings (SSSR count). The molecule has 0 aromatic heterocycles. The molecule has 0 aromatic rings. The summed E-state index contributed by atoms with van der Waals surface area (Å²) >= 11 is 0. The summed E-state index contributed by atoms with van der Waals surface area (Å²) in [7, 11) is 1.43. The van der Waals surface area contributed by atoms with Gasteiger partial charge in [-0.05, 0) is 24.7 Å². The van der Waals surface area contributed by atoms with Crippen LogP contribution in [0.3, 0.4) is 0 Å². The number of esters is 1. The summed E-state index contributed by atoms with van der Waals surface area (Å²) in [6.07, 6.45) is 6.60. The van der Waals surface area contributed by atoms with Crippen molar-refractivity contribution in [2.24, 2.45) is 11.8 Å². The van der Waals surface area contributed by atoms with Gasteiger partial charge in [-0.1, -0.05) is 39.7 Å². The molecule has 0 aliphatic heterocycles. The zero-order chi connectivity index (χ0) is 13.5. The number of carbonyl (C=O) groups is 1. The van der Waals surface area contributed by atoms with E-state index in [2.05, 4.69) is 19.2 Å². The number of rotatable bonds is 5. The Kier molecular flexibility index (Phi) is 6.41. The lowest BCUT2D eigenvalue weighted by Crippen LogP contribution is -2.40. The first kappa shape index (κ1) is 15.2. The van der Waals surface area contributed by atoms with Crippen molar-refractivity contribution in [1.82, 2.24) is 5.32 Å². The van der Waals surface area contributed by atoms with Crippen molar-refractivity contribution >= 4 is 5.97 Å². The smallest absolute Gasteiger partial charge is 0.333 e. The first-order valence-electron chi connectivity index (χ1n) is 7.10. The van der Waals surface area contributed by atoms with Gasteiger partial charge in [-0.15, -0.1) is 0 Å². The zero-order valence-electron chi connectivity index (χ0n) is 12.2. The molecule has 18 heavy (non-hydrogen) atoms. The van der Waals surface area contributed by atoms with Crippen LogP contribution in [0.1, 0.15) is 46.5 Å². The summed E-state index contributed by atoms with van der Waals surface area (Å²) in [6.45, 7) is 7.40. The largest absolute Gasteiger partial charge is 0.466 e. The Balaban J connectivity index is 2.44. The van der Waals surface area contributed by atoms with Crippen molar-refractivity contribution in [3.05, 3.63) is 11.6 Å². The molecule has 0 radical (unpaired) electrons. The maximum Gasteiger partial charge on any atom is 0.333 e. The average Bonchev–Trinajstić information content (AvgIpc) is 2.38. The van der Waals surface area contributed by atoms with Crippen molar-refractivity contribution < 1.29 is 9.53 Å². The van der Waals surface area contributed by atoms with E-state index < -0.39 is 0 Å². The summed E-state index contributed by atoms with van der Waals surface area (Å²) in [5.74, 6) is 1.31. The van der Waals surface area contributed by atoms with Gasteiger partial charge in [-0.25, -0.2) is 4.79 Å². The van der Waals surface area contributed by atoms with Gasteiger partial charge in [0.05, 0.1) is 7.11 Å². The summed E-state index contributed by atoms with van der Waals surface area (Å²) in [6, 6.07) is 0.584. The molecule has 3 nitrogen and oxygen atoms in total. The molecular formula is C15H27NO2. The van der Waals surface area contributed by atoms with Crippen LogP contribution in [0, 0.1) is 11.8 Å². The first-order chi connectivity index (χ1) is 8.60. The molecule has 0 aromatic carbocycles. The molecule has 0 bridgehead atoms. The topological polar surface area (TPSA) is 38.3 Å². The normalized spacial score (nSPS) is 29.1. The summed E-state index contributed by atoms with van der Waals surface area (Å²) < 4.78 is 4.75. The van der Waals surface area contributed by atoms with E-state index in [-0.39, 0.29) is 5.97 Å². The Morgan fingerprint density at radius 3 is 2.72 bits per heavy atom. The third-order valence-electron chi connectivity index (χ3n) is 4.26. The number of hydrogen-bond acceptors (Lipinski definition) is 3. The Labute approximate surface area is 111 Å². The van der Waals surface area contributed by atoms with Crippen LogP contribution >= 0.6 is 0 Å². The molecule has 1 N–H and O–H groups in total. The molecule has 1 fully saturated rings. The molecular weight excluding hydrogens is 226 g/mol. The number of nitrogens with one attached hydrogen (secondary N) is 1. The Morgan fingerprint density at radius 2 is 2.11 bits per heavy atom.